The molecule has 1 unspecified atom stereocenters. The number of rotatable bonds is 3. The van der Waals surface area contributed by atoms with Gasteiger partial charge in [-0.3, -0.25) is 4.79 Å². The number of amides is 1. The van der Waals surface area contributed by atoms with E-state index in [9.17, 15) is 4.79 Å². The Morgan fingerprint density at radius 3 is 2.67 bits per heavy atom. The molecule has 1 amide bonds. The molecule has 1 aliphatic heterocycles. The number of thioether (sulfide) groups is 1. The molecule has 1 heterocycles. The van der Waals surface area contributed by atoms with Gasteiger partial charge in [-0.25, -0.2) is 0 Å². The Hall–Kier alpha value is -1.16. The average molecular weight is 264 g/mol. The Labute approximate surface area is 113 Å². The van der Waals surface area contributed by atoms with Crippen LogP contribution in [0.5, 0.6) is 0 Å². The molecule has 0 bridgehead atoms. The molecule has 1 aromatic carbocycles. The second kappa shape index (κ2) is 6.14. The molecule has 98 valence electrons. The minimum absolute atomic E-state index is 0.135. The van der Waals surface area contributed by atoms with Crippen molar-refractivity contribution in [1.29, 1.82) is 0 Å². The van der Waals surface area contributed by atoms with Crippen LogP contribution < -0.4 is 10.6 Å². The summed E-state index contributed by atoms with van der Waals surface area (Å²) in [6.07, 6.45) is 3.42. The largest absolute Gasteiger partial charge is 0.399 e. The van der Waals surface area contributed by atoms with Crippen LogP contribution in [0, 0.1) is 0 Å². The molecule has 3 nitrogen and oxygen atoms in total. The maximum Gasteiger partial charge on any atom is 0.240 e. The van der Waals surface area contributed by atoms with Crippen molar-refractivity contribution in [2.24, 2.45) is 0 Å². The quantitative estimate of drug-likeness (QED) is 0.854. The van der Waals surface area contributed by atoms with Gasteiger partial charge in [0.15, 0.2) is 0 Å². The Morgan fingerprint density at radius 2 is 2.11 bits per heavy atom. The molecule has 4 heteroatoms. The van der Waals surface area contributed by atoms with Crippen molar-refractivity contribution in [3.8, 4) is 0 Å². The topological polar surface area (TPSA) is 46.3 Å². The fourth-order valence-electron chi connectivity index (χ4n) is 2.23. The summed E-state index contributed by atoms with van der Waals surface area (Å²) in [5.74, 6) is 1.35. The third-order valence-electron chi connectivity index (χ3n) is 3.24. The van der Waals surface area contributed by atoms with Gasteiger partial charge < -0.3 is 10.6 Å². The van der Waals surface area contributed by atoms with Crippen molar-refractivity contribution in [2.45, 2.75) is 31.4 Å². The van der Waals surface area contributed by atoms with Crippen LogP contribution in [0.3, 0.4) is 0 Å². The fourth-order valence-corrected chi connectivity index (χ4v) is 3.49. The maximum atomic E-state index is 12.5. The lowest BCUT2D eigenvalue weighted by molar-refractivity contribution is -0.118. The van der Waals surface area contributed by atoms with Gasteiger partial charge in [0, 0.05) is 17.9 Å². The van der Waals surface area contributed by atoms with Gasteiger partial charge >= 0.3 is 0 Å². The molecule has 2 rings (SSSR count). The number of anilines is 2. The van der Waals surface area contributed by atoms with Crippen LogP contribution in [0.4, 0.5) is 11.4 Å². The highest BCUT2D eigenvalue weighted by molar-refractivity contribution is 8.00. The van der Waals surface area contributed by atoms with E-state index >= 15 is 0 Å². The van der Waals surface area contributed by atoms with E-state index in [4.69, 9.17) is 5.73 Å². The van der Waals surface area contributed by atoms with Gasteiger partial charge in [-0.05, 0) is 49.8 Å². The Kier molecular flexibility index (Phi) is 4.53. The highest BCUT2D eigenvalue weighted by atomic mass is 32.2. The fraction of sp³-hybridized carbons (Fsp3) is 0.500. The third kappa shape index (κ3) is 2.99. The lowest BCUT2D eigenvalue weighted by Gasteiger charge is -2.28. The summed E-state index contributed by atoms with van der Waals surface area (Å²) in [7, 11) is 0. The number of nitrogen functional groups attached to an aromatic ring is 1. The van der Waals surface area contributed by atoms with Crippen LogP contribution in [-0.2, 0) is 4.79 Å². The standard InChI is InChI=1S/C14H20N2OS/c1-2-16(12-8-6-11(15)7-9-12)14(17)13-5-3-4-10-18-13/h6-9,13H,2-5,10,15H2,1H3. The average Bonchev–Trinajstić information content (AvgIpc) is 2.42. The van der Waals surface area contributed by atoms with Gasteiger partial charge in [-0.1, -0.05) is 6.42 Å². The van der Waals surface area contributed by atoms with Crippen molar-refractivity contribution < 1.29 is 4.79 Å². The normalized spacial score (nSPS) is 19.5. The van der Waals surface area contributed by atoms with Crippen LogP contribution >= 0.6 is 11.8 Å². The van der Waals surface area contributed by atoms with Crippen molar-refractivity contribution >= 4 is 29.0 Å². The van der Waals surface area contributed by atoms with Gasteiger partial charge in [0.25, 0.3) is 0 Å². The summed E-state index contributed by atoms with van der Waals surface area (Å²) in [6.45, 7) is 2.72. The summed E-state index contributed by atoms with van der Waals surface area (Å²) in [5.41, 5.74) is 7.36. The number of nitrogens with zero attached hydrogens (tertiary/aromatic N) is 1. The van der Waals surface area contributed by atoms with Gasteiger partial charge in [0.05, 0.1) is 5.25 Å². The second-order valence-corrected chi connectivity index (χ2v) is 5.84. The van der Waals surface area contributed by atoms with E-state index in [1.807, 2.05) is 36.1 Å². The zero-order valence-corrected chi connectivity index (χ0v) is 11.6. The van der Waals surface area contributed by atoms with E-state index in [1.165, 1.54) is 12.8 Å². The van der Waals surface area contributed by atoms with Crippen LogP contribution in [0.15, 0.2) is 24.3 Å². The first-order chi connectivity index (χ1) is 8.72. The van der Waals surface area contributed by atoms with E-state index in [-0.39, 0.29) is 11.2 Å². The van der Waals surface area contributed by atoms with Gasteiger partial charge in [0.1, 0.15) is 0 Å². The lowest BCUT2D eigenvalue weighted by atomic mass is 10.1. The van der Waals surface area contributed by atoms with Gasteiger partial charge in [-0.15, -0.1) is 11.8 Å². The molecular weight excluding hydrogens is 244 g/mol. The van der Waals surface area contributed by atoms with Gasteiger partial charge in [0.2, 0.25) is 5.91 Å². The molecule has 1 aromatic rings. The van der Waals surface area contributed by atoms with E-state index in [2.05, 4.69) is 0 Å². The first kappa shape index (κ1) is 13.3. The summed E-state index contributed by atoms with van der Waals surface area (Å²) in [5, 5.41) is 0.135. The number of carbonyl (C=O) groups excluding carboxylic acids is 1. The summed E-state index contributed by atoms with van der Waals surface area (Å²) < 4.78 is 0. The highest BCUT2D eigenvalue weighted by Crippen LogP contribution is 2.28. The molecule has 0 aliphatic carbocycles. The summed E-state index contributed by atoms with van der Waals surface area (Å²) in [4.78, 5) is 14.4. The smallest absolute Gasteiger partial charge is 0.240 e. The first-order valence-electron chi connectivity index (χ1n) is 6.51. The Bertz CT molecular complexity index is 399. The molecule has 0 saturated carbocycles. The highest BCUT2D eigenvalue weighted by Gasteiger charge is 2.26. The lowest BCUT2D eigenvalue weighted by Crippen LogP contribution is -2.38. The Morgan fingerprint density at radius 1 is 1.39 bits per heavy atom. The molecule has 2 N–H and O–H groups in total. The molecule has 0 aromatic heterocycles. The zero-order chi connectivity index (χ0) is 13.0. The minimum Gasteiger partial charge on any atom is -0.399 e. The molecule has 1 saturated heterocycles. The monoisotopic (exact) mass is 264 g/mol. The number of hydrogen-bond donors (Lipinski definition) is 1. The molecule has 18 heavy (non-hydrogen) atoms. The van der Waals surface area contributed by atoms with Crippen LogP contribution in [-0.4, -0.2) is 23.5 Å². The summed E-state index contributed by atoms with van der Waals surface area (Å²) in [6, 6.07) is 7.53. The van der Waals surface area contributed by atoms with Crippen molar-refractivity contribution in [2.75, 3.05) is 22.9 Å². The van der Waals surface area contributed by atoms with E-state index in [0.29, 0.717) is 6.54 Å². The Balaban J connectivity index is 2.12. The number of nitrogens with two attached hydrogens (primary N) is 1. The van der Waals surface area contributed by atoms with Crippen LogP contribution in [0.1, 0.15) is 26.2 Å². The van der Waals surface area contributed by atoms with E-state index in [0.717, 1.165) is 23.5 Å². The minimum atomic E-state index is 0.135. The molecular formula is C14H20N2OS. The maximum absolute atomic E-state index is 12.5. The van der Waals surface area contributed by atoms with Crippen molar-refractivity contribution in [1.82, 2.24) is 0 Å². The number of benzene rings is 1. The van der Waals surface area contributed by atoms with Crippen LogP contribution in [0.25, 0.3) is 0 Å². The predicted octanol–water partition coefficient (Wildman–Crippen LogP) is 2.91. The van der Waals surface area contributed by atoms with E-state index < -0.39 is 0 Å². The van der Waals surface area contributed by atoms with Gasteiger partial charge in [-0.2, -0.15) is 0 Å². The summed E-state index contributed by atoms with van der Waals surface area (Å²) >= 11 is 1.80. The SMILES string of the molecule is CCN(C(=O)C1CCCCS1)c1ccc(N)cc1. The number of carbonyl (C=O) groups is 1. The second-order valence-electron chi connectivity index (χ2n) is 4.53. The third-order valence-corrected chi connectivity index (χ3v) is 4.61. The van der Waals surface area contributed by atoms with Crippen molar-refractivity contribution in [3.05, 3.63) is 24.3 Å². The predicted molar refractivity (Wildman–Crippen MR) is 79.0 cm³/mol. The van der Waals surface area contributed by atoms with Crippen molar-refractivity contribution in [3.63, 3.8) is 0 Å². The molecule has 0 radical (unpaired) electrons. The van der Waals surface area contributed by atoms with Crippen LogP contribution in [0.2, 0.25) is 0 Å². The molecule has 1 fully saturated rings. The van der Waals surface area contributed by atoms with E-state index in [1.54, 1.807) is 11.8 Å². The number of hydrogen-bond acceptors (Lipinski definition) is 3. The molecule has 1 atom stereocenters. The molecule has 0 spiro atoms. The first-order valence-corrected chi connectivity index (χ1v) is 7.55. The molecule has 1 aliphatic rings. The zero-order valence-electron chi connectivity index (χ0n) is 10.8.